The number of nitrogens with zero attached hydrogens (tertiary/aromatic N) is 2. The Hall–Kier alpha value is -3.53. The summed E-state index contributed by atoms with van der Waals surface area (Å²) in [7, 11) is 0. The molecule has 0 aliphatic rings. The van der Waals surface area contributed by atoms with Crippen LogP contribution in [0.25, 0.3) is 22.3 Å². The molecule has 0 atom stereocenters. The minimum atomic E-state index is -0.176. The molecule has 0 saturated carbocycles. The largest absolute Gasteiger partial charge is 0.350 e. The molecule has 1 heterocycles. The lowest BCUT2D eigenvalue weighted by Crippen LogP contribution is -2.27. The van der Waals surface area contributed by atoms with Crippen LogP contribution in [0.1, 0.15) is 27.2 Å². The van der Waals surface area contributed by atoms with E-state index in [1.807, 2.05) is 48.5 Å². The molecule has 29 heavy (non-hydrogen) atoms. The lowest BCUT2D eigenvalue weighted by Gasteiger charge is -2.10. The van der Waals surface area contributed by atoms with Crippen molar-refractivity contribution in [3.05, 3.63) is 95.2 Å². The number of para-hydroxylation sites is 1. The Morgan fingerprint density at radius 3 is 2.41 bits per heavy atom. The number of aromatic nitrogens is 2. The van der Waals surface area contributed by atoms with Crippen molar-refractivity contribution >= 4 is 16.8 Å². The Kier molecular flexibility index (Phi) is 5.34. The Balaban J connectivity index is 1.65. The molecule has 144 valence electrons. The first kappa shape index (κ1) is 18.8. The van der Waals surface area contributed by atoms with Gasteiger partial charge in [-0.25, -0.2) is 9.97 Å². The van der Waals surface area contributed by atoms with Gasteiger partial charge in [-0.15, -0.1) is 0 Å². The van der Waals surface area contributed by atoms with Gasteiger partial charge in [0.05, 0.1) is 5.52 Å². The number of rotatable bonds is 5. The van der Waals surface area contributed by atoms with E-state index in [4.69, 9.17) is 4.98 Å². The van der Waals surface area contributed by atoms with Gasteiger partial charge in [0.1, 0.15) is 5.69 Å². The van der Waals surface area contributed by atoms with Crippen LogP contribution < -0.4 is 5.32 Å². The van der Waals surface area contributed by atoms with Crippen LogP contribution in [0.4, 0.5) is 0 Å². The van der Waals surface area contributed by atoms with Crippen molar-refractivity contribution in [2.75, 3.05) is 6.54 Å². The molecule has 0 fully saturated rings. The molecule has 4 heteroatoms. The first-order valence-electron chi connectivity index (χ1n) is 9.78. The minimum Gasteiger partial charge on any atom is -0.350 e. The van der Waals surface area contributed by atoms with Gasteiger partial charge in [0.15, 0.2) is 5.82 Å². The highest BCUT2D eigenvalue weighted by atomic mass is 16.1. The summed E-state index contributed by atoms with van der Waals surface area (Å²) in [6, 6.07) is 23.9. The van der Waals surface area contributed by atoms with Gasteiger partial charge in [0, 0.05) is 17.5 Å². The number of aryl methyl sites for hydroxylation is 2. The Labute approximate surface area is 170 Å². The summed E-state index contributed by atoms with van der Waals surface area (Å²) >= 11 is 0. The quantitative estimate of drug-likeness (QED) is 0.536. The van der Waals surface area contributed by atoms with Crippen LogP contribution >= 0.6 is 0 Å². The molecule has 1 N–H and O–H groups in total. The normalized spacial score (nSPS) is 10.8. The van der Waals surface area contributed by atoms with Crippen molar-refractivity contribution in [1.29, 1.82) is 0 Å². The fraction of sp³-hybridized carbons (Fsp3) is 0.160. The molecule has 4 nitrogen and oxygen atoms in total. The molecular weight excluding hydrogens is 358 g/mol. The SMILES string of the molecule is Cc1ccc(-c2nc(C(=O)NCCc3ccccc3)c3ccccc3n2)cc1C. The number of carbonyl (C=O) groups is 1. The maximum absolute atomic E-state index is 13.0. The van der Waals surface area contributed by atoms with Crippen LogP contribution in [-0.2, 0) is 6.42 Å². The van der Waals surface area contributed by atoms with Gasteiger partial charge in [-0.3, -0.25) is 4.79 Å². The van der Waals surface area contributed by atoms with Crippen molar-refractivity contribution in [3.63, 3.8) is 0 Å². The van der Waals surface area contributed by atoms with Gasteiger partial charge >= 0.3 is 0 Å². The second-order valence-corrected chi connectivity index (χ2v) is 7.20. The van der Waals surface area contributed by atoms with Crippen molar-refractivity contribution in [2.45, 2.75) is 20.3 Å². The molecule has 0 saturated heterocycles. The third-order valence-corrected chi connectivity index (χ3v) is 5.13. The van der Waals surface area contributed by atoms with Gasteiger partial charge in [0.25, 0.3) is 5.91 Å². The molecule has 1 aromatic heterocycles. The molecule has 4 rings (SSSR count). The molecule has 4 aromatic rings. The monoisotopic (exact) mass is 381 g/mol. The van der Waals surface area contributed by atoms with E-state index in [2.05, 4.69) is 48.4 Å². The fourth-order valence-corrected chi connectivity index (χ4v) is 3.31. The number of benzene rings is 3. The number of fused-ring (bicyclic) bond motifs is 1. The zero-order valence-electron chi connectivity index (χ0n) is 16.6. The summed E-state index contributed by atoms with van der Waals surface area (Å²) in [5, 5.41) is 3.77. The lowest BCUT2D eigenvalue weighted by atomic mass is 10.1. The van der Waals surface area contributed by atoms with Crippen LogP contribution in [0.5, 0.6) is 0 Å². The third-order valence-electron chi connectivity index (χ3n) is 5.13. The second kappa shape index (κ2) is 8.23. The predicted octanol–water partition coefficient (Wildman–Crippen LogP) is 4.89. The van der Waals surface area contributed by atoms with Crippen molar-refractivity contribution in [2.24, 2.45) is 0 Å². The Morgan fingerprint density at radius 2 is 1.62 bits per heavy atom. The van der Waals surface area contributed by atoms with E-state index in [0.29, 0.717) is 18.1 Å². The minimum absolute atomic E-state index is 0.176. The Bertz CT molecular complexity index is 1170. The fourth-order valence-electron chi connectivity index (χ4n) is 3.31. The molecule has 0 aliphatic heterocycles. The van der Waals surface area contributed by atoms with Gasteiger partial charge in [-0.05, 0) is 49.1 Å². The smallest absolute Gasteiger partial charge is 0.270 e. The average Bonchev–Trinajstić information content (AvgIpc) is 2.75. The zero-order valence-corrected chi connectivity index (χ0v) is 16.6. The topological polar surface area (TPSA) is 54.9 Å². The molecule has 0 radical (unpaired) electrons. The van der Waals surface area contributed by atoms with E-state index in [0.717, 1.165) is 22.9 Å². The predicted molar refractivity (Wildman–Crippen MR) is 117 cm³/mol. The summed E-state index contributed by atoms with van der Waals surface area (Å²) in [4.78, 5) is 22.3. The van der Waals surface area contributed by atoms with Crippen molar-refractivity contribution in [1.82, 2.24) is 15.3 Å². The van der Waals surface area contributed by atoms with Gasteiger partial charge in [-0.2, -0.15) is 0 Å². The highest BCUT2D eigenvalue weighted by Crippen LogP contribution is 2.23. The van der Waals surface area contributed by atoms with Crippen molar-refractivity contribution in [3.8, 4) is 11.4 Å². The zero-order chi connectivity index (χ0) is 20.2. The third kappa shape index (κ3) is 4.16. The molecule has 0 bridgehead atoms. The number of hydrogen-bond acceptors (Lipinski definition) is 3. The number of hydrogen-bond donors (Lipinski definition) is 1. The first-order chi connectivity index (χ1) is 14.1. The summed E-state index contributed by atoms with van der Waals surface area (Å²) in [6.45, 7) is 4.70. The molecule has 0 aliphatic carbocycles. The van der Waals surface area contributed by atoms with Gasteiger partial charge in [0.2, 0.25) is 0 Å². The summed E-state index contributed by atoms with van der Waals surface area (Å²) < 4.78 is 0. The Morgan fingerprint density at radius 1 is 0.862 bits per heavy atom. The van der Waals surface area contributed by atoms with Gasteiger partial charge < -0.3 is 5.32 Å². The van der Waals surface area contributed by atoms with Crippen LogP contribution in [0.15, 0.2) is 72.8 Å². The summed E-state index contributed by atoms with van der Waals surface area (Å²) in [5.41, 5.74) is 5.68. The molecule has 1 amide bonds. The van der Waals surface area contributed by atoms with E-state index in [1.165, 1.54) is 16.7 Å². The van der Waals surface area contributed by atoms with Crippen molar-refractivity contribution < 1.29 is 4.79 Å². The maximum atomic E-state index is 13.0. The number of carbonyl (C=O) groups excluding carboxylic acids is 1. The van der Waals surface area contributed by atoms with E-state index in [9.17, 15) is 4.79 Å². The number of amides is 1. The standard InChI is InChI=1S/C25H23N3O/c1-17-12-13-20(16-18(17)2)24-27-22-11-7-6-10-21(22)23(28-24)25(29)26-15-14-19-8-4-3-5-9-19/h3-13,16H,14-15H2,1-2H3,(H,26,29). The summed E-state index contributed by atoms with van der Waals surface area (Å²) in [5.74, 6) is 0.393. The van der Waals surface area contributed by atoms with E-state index in [1.54, 1.807) is 0 Å². The summed E-state index contributed by atoms with van der Waals surface area (Å²) in [6.07, 6.45) is 0.777. The van der Waals surface area contributed by atoms with E-state index >= 15 is 0 Å². The highest BCUT2D eigenvalue weighted by Gasteiger charge is 2.15. The van der Waals surface area contributed by atoms with E-state index < -0.39 is 0 Å². The number of nitrogens with one attached hydrogen (secondary N) is 1. The first-order valence-corrected chi connectivity index (χ1v) is 9.78. The van der Waals surface area contributed by atoms with Crippen LogP contribution in [-0.4, -0.2) is 22.4 Å². The van der Waals surface area contributed by atoms with E-state index in [-0.39, 0.29) is 5.91 Å². The second-order valence-electron chi connectivity index (χ2n) is 7.20. The van der Waals surface area contributed by atoms with Crippen LogP contribution in [0.2, 0.25) is 0 Å². The lowest BCUT2D eigenvalue weighted by molar-refractivity contribution is 0.0951. The molecule has 0 spiro atoms. The van der Waals surface area contributed by atoms with Crippen LogP contribution in [0.3, 0.4) is 0 Å². The van der Waals surface area contributed by atoms with Gasteiger partial charge in [-0.1, -0.05) is 60.7 Å². The average molecular weight is 381 g/mol. The molecule has 0 unspecified atom stereocenters. The molecule has 3 aromatic carbocycles. The highest BCUT2D eigenvalue weighted by molar-refractivity contribution is 6.04. The maximum Gasteiger partial charge on any atom is 0.270 e. The van der Waals surface area contributed by atoms with Crippen LogP contribution in [0, 0.1) is 13.8 Å². The molecular formula is C25H23N3O.